The minimum atomic E-state index is -0.246. The summed E-state index contributed by atoms with van der Waals surface area (Å²) in [6.45, 7) is 3.69. The average molecular weight is 461 g/mol. The first kappa shape index (κ1) is 21.9. The van der Waals surface area contributed by atoms with E-state index in [0.29, 0.717) is 21.4 Å². The van der Waals surface area contributed by atoms with E-state index >= 15 is 0 Å². The van der Waals surface area contributed by atoms with E-state index in [1.165, 1.54) is 12.8 Å². The zero-order valence-electron chi connectivity index (χ0n) is 17.4. The predicted octanol–water partition coefficient (Wildman–Crippen LogP) is 5.16. The predicted molar refractivity (Wildman–Crippen MR) is 125 cm³/mol. The van der Waals surface area contributed by atoms with E-state index in [1.54, 1.807) is 29.3 Å². The van der Waals surface area contributed by atoms with Crippen LogP contribution >= 0.6 is 23.2 Å². The van der Waals surface area contributed by atoms with Gasteiger partial charge in [-0.15, -0.1) is 0 Å². The molecule has 0 aliphatic carbocycles. The van der Waals surface area contributed by atoms with Gasteiger partial charge >= 0.3 is 0 Å². The number of nitrogens with zero attached hydrogens (tertiary/aromatic N) is 3. The first-order chi connectivity index (χ1) is 14.9. The quantitative estimate of drug-likeness (QED) is 0.660. The number of hydrazone groups is 1. The van der Waals surface area contributed by atoms with Crippen LogP contribution in [-0.4, -0.2) is 34.8 Å². The van der Waals surface area contributed by atoms with Gasteiger partial charge in [-0.2, -0.15) is 5.10 Å². The first-order valence-corrected chi connectivity index (χ1v) is 11.4. The lowest BCUT2D eigenvalue weighted by molar-refractivity contribution is -0.119. The number of phenolic OH excluding ortho intramolecular Hbond substituents is 1. The van der Waals surface area contributed by atoms with Crippen molar-refractivity contribution in [2.75, 3.05) is 18.1 Å². The second-order valence-electron chi connectivity index (χ2n) is 8.09. The topological polar surface area (TPSA) is 68.2 Å². The number of carbonyl (C=O) groups is 1. The van der Waals surface area contributed by atoms with Crippen molar-refractivity contribution >= 4 is 40.5 Å². The highest BCUT2D eigenvalue weighted by Gasteiger charge is 2.40. The van der Waals surface area contributed by atoms with E-state index < -0.39 is 0 Å². The van der Waals surface area contributed by atoms with Gasteiger partial charge in [-0.25, -0.2) is 5.01 Å². The summed E-state index contributed by atoms with van der Waals surface area (Å²) in [5.74, 6) is -0.195. The highest BCUT2D eigenvalue weighted by Crippen LogP contribution is 2.42. The molecule has 2 unspecified atom stereocenters. The van der Waals surface area contributed by atoms with Gasteiger partial charge < -0.3 is 5.11 Å². The summed E-state index contributed by atoms with van der Waals surface area (Å²) in [7, 11) is 0. The fraction of sp³-hybridized carbons (Fsp3) is 0.391. The number of carbonyl (C=O) groups excluding carboxylic acids is 1. The van der Waals surface area contributed by atoms with Crippen molar-refractivity contribution in [1.82, 2.24) is 10.4 Å². The molecule has 2 N–H and O–H groups in total. The number of phenols is 1. The molecule has 2 aliphatic heterocycles. The Kier molecular flexibility index (Phi) is 6.70. The van der Waals surface area contributed by atoms with Crippen LogP contribution in [0.4, 0.5) is 5.69 Å². The lowest BCUT2D eigenvalue weighted by Gasteiger charge is -2.27. The smallest absolute Gasteiger partial charge is 0.282 e. The third-order valence-electron chi connectivity index (χ3n) is 5.87. The third-order valence-corrected chi connectivity index (χ3v) is 6.41. The molecule has 0 bridgehead atoms. The molecule has 0 aromatic heterocycles. The van der Waals surface area contributed by atoms with Crippen LogP contribution < -0.4 is 10.4 Å². The van der Waals surface area contributed by atoms with Crippen molar-refractivity contribution in [1.29, 1.82) is 0 Å². The third kappa shape index (κ3) is 4.81. The second-order valence-corrected chi connectivity index (χ2v) is 8.94. The summed E-state index contributed by atoms with van der Waals surface area (Å²) in [5, 5.41) is 19.2. The number of hydrogen-bond donors (Lipinski definition) is 2. The Balaban J connectivity index is 1.66. The van der Waals surface area contributed by atoms with Crippen molar-refractivity contribution < 1.29 is 9.90 Å². The molecule has 164 valence electrons. The Hall–Kier alpha value is -2.28. The van der Waals surface area contributed by atoms with Crippen LogP contribution in [-0.2, 0) is 4.79 Å². The molecule has 2 aromatic rings. The molecule has 2 aliphatic rings. The van der Waals surface area contributed by atoms with Gasteiger partial charge in [0.15, 0.2) is 0 Å². The van der Waals surface area contributed by atoms with Crippen LogP contribution in [0.15, 0.2) is 47.6 Å². The summed E-state index contributed by atoms with van der Waals surface area (Å²) in [4.78, 5) is 13.2. The van der Waals surface area contributed by atoms with Crippen LogP contribution in [0.25, 0.3) is 0 Å². The summed E-state index contributed by atoms with van der Waals surface area (Å²) >= 11 is 12.6. The van der Waals surface area contributed by atoms with E-state index in [4.69, 9.17) is 28.3 Å². The van der Waals surface area contributed by atoms with E-state index in [2.05, 4.69) is 5.43 Å². The lowest BCUT2D eigenvalue weighted by atomic mass is 9.91. The molecule has 0 saturated carbocycles. The van der Waals surface area contributed by atoms with Crippen molar-refractivity contribution in [2.24, 2.45) is 11.0 Å². The van der Waals surface area contributed by atoms with Crippen LogP contribution in [0.3, 0.4) is 0 Å². The molecular formula is C23H26Cl2N4O2. The van der Waals surface area contributed by atoms with Crippen molar-refractivity contribution in [3.05, 3.63) is 58.1 Å². The summed E-state index contributed by atoms with van der Waals surface area (Å²) in [6, 6.07) is 12.0. The summed E-state index contributed by atoms with van der Waals surface area (Å²) in [5.41, 5.74) is 5.11. The van der Waals surface area contributed by atoms with Crippen LogP contribution in [0, 0.1) is 5.92 Å². The molecule has 6 nitrogen and oxygen atoms in total. The van der Waals surface area contributed by atoms with E-state index in [1.807, 2.05) is 30.1 Å². The van der Waals surface area contributed by atoms with E-state index in [-0.39, 0.29) is 23.6 Å². The number of amides is 1. The van der Waals surface area contributed by atoms with Crippen molar-refractivity contribution in [2.45, 2.75) is 38.6 Å². The van der Waals surface area contributed by atoms with Crippen LogP contribution in [0.1, 0.15) is 44.2 Å². The number of hydrazine groups is 1. The molecule has 2 aromatic carbocycles. The van der Waals surface area contributed by atoms with Crippen LogP contribution in [0.5, 0.6) is 5.75 Å². The number of halogens is 2. The Labute approximate surface area is 192 Å². The molecular weight excluding hydrogens is 435 g/mol. The summed E-state index contributed by atoms with van der Waals surface area (Å²) < 4.78 is 0. The highest BCUT2D eigenvalue weighted by molar-refractivity contribution is 6.41. The SMILES string of the molecule is CC1C(C(=O)NN2CCCCCC2)=NN(c2ccc(Cl)cc2Cl)C1c1ccc(O)cc1. The largest absolute Gasteiger partial charge is 0.508 e. The molecule has 2 heterocycles. The fourth-order valence-corrected chi connectivity index (χ4v) is 4.73. The number of hydrogen-bond acceptors (Lipinski definition) is 5. The van der Waals surface area contributed by atoms with Gasteiger partial charge in [0.25, 0.3) is 5.91 Å². The number of benzene rings is 2. The maximum absolute atomic E-state index is 13.2. The number of nitrogens with one attached hydrogen (secondary N) is 1. The van der Waals surface area contributed by atoms with Gasteiger partial charge in [0.2, 0.25) is 0 Å². The monoisotopic (exact) mass is 460 g/mol. The van der Waals surface area contributed by atoms with Gasteiger partial charge in [0, 0.05) is 24.0 Å². The first-order valence-electron chi connectivity index (χ1n) is 10.6. The Morgan fingerprint density at radius 3 is 2.39 bits per heavy atom. The standard InChI is InChI=1S/C23H26Cl2N4O2/c1-15-21(23(31)27-28-12-4-2-3-5-13-28)26-29(20-11-8-17(24)14-19(20)25)22(15)16-6-9-18(30)10-7-16/h6-11,14-15,22,30H,2-5,12-13H2,1H3,(H,27,31). The minimum Gasteiger partial charge on any atom is -0.508 e. The maximum Gasteiger partial charge on any atom is 0.282 e. The van der Waals surface area contributed by atoms with Crippen molar-refractivity contribution in [3.63, 3.8) is 0 Å². The molecule has 1 amide bonds. The molecule has 0 radical (unpaired) electrons. The van der Waals surface area contributed by atoms with Gasteiger partial charge in [-0.1, -0.05) is 55.1 Å². The molecule has 0 spiro atoms. The van der Waals surface area contributed by atoms with Gasteiger partial charge in [0.05, 0.1) is 16.8 Å². The van der Waals surface area contributed by atoms with E-state index in [9.17, 15) is 9.90 Å². The average Bonchev–Trinajstić information content (AvgIpc) is 2.89. The highest BCUT2D eigenvalue weighted by atomic mass is 35.5. The summed E-state index contributed by atoms with van der Waals surface area (Å²) in [6.07, 6.45) is 4.53. The van der Waals surface area contributed by atoms with Gasteiger partial charge in [-0.3, -0.25) is 15.2 Å². The van der Waals surface area contributed by atoms with Gasteiger partial charge in [0.1, 0.15) is 11.5 Å². The number of anilines is 1. The molecule has 1 fully saturated rings. The molecule has 1 saturated heterocycles. The molecule has 2 atom stereocenters. The van der Waals surface area contributed by atoms with Gasteiger partial charge in [-0.05, 0) is 48.7 Å². The molecule has 4 rings (SSSR count). The second kappa shape index (κ2) is 9.47. The fourth-order valence-electron chi connectivity index (χ4n) is 4.24. The lowest BCUT2D eigenvalue weighted by Crippen LogP contribution is -2.46. The Bertz CT molecular complexity index is 972. The Morgan fingerprint density at radius 1 is 1.06 bits per heavy atom. The normalized spacial score (nSPS) is 22.2. The zero-order valence-corrected chi connectivity index (χ0v) is 18.9. The number of rotatable bonds is 4. The van der Waals surface area contributed by atoms with Crippen LogP contribution in [0.2, 0.25) is 10.0 Å². The Morgan fingerprint density at radius 2 is 1.74 bits per heavy atom. The molecule has 31 heavy (non-hydrogen) atoms. The molecule has 8 heteroatoms. The van der Waals surface area contributed by atoms with E-state index in [0.717, 1.165) is 31.5 Å². The maximum atomic E-state index is 13.2. The number of aromatic hydroxyl groups is 1. The minimum absolute atomic E-state index is 0.186. The zero-order chi connectivity index (χ0) is 22.0. The van der Waals surface area contributed by atoms with Crippen molar-refractivity contribution in [3.8, 4) is 5.75 Å².